The molecule has 1 aliphatic rings. The van der Waals surface area contributed by atoms with Crippen LogP contribution in [0.2, 0.25) is 0 Å². The minimum atomic E-state index is 0.0610. The van der Waals surface area contributed by atoms with Crippen molar-refractivity contribution in [3.63, 3.8) is 0 Å². The normalized spacial score (nSPS) is 22.6. The van der Waals surface area contributed by atoms with Crippen LogP contribution >= 0.6 is 11.3 Å². The fraction of sp³-hybridized carbons (Fsp3) is 0.786. The summed E-state index contributed by atoms with van der Waals surface area (Å²) < 4.78 is 0. The zero-order chi connectivity index (χ0) is 13.2. The Hall–Kier alpha value is -0.450. The van der Waals surface area contributed by atoms with Gasteiger partial charge in [-0.1, -0.05) is 13.8 Å². The summed E-state index contributed by atoms with van der Waals surface area (Å²) in [6.07, 6.45) is 3.17. The predicted octanol–water partition coefficient (Wildman–Crippen LogP) is 2.70. The molecule has 0 spiro atoms. The highest BCUT2D eigenvalue weighted by Gasteiger charge is 2.34. The van der Waals surface area contributed by atoms with E-state index in [0.717, 1.165) is 25.6 Å². The molecule has 1 saturated heterocycles. The molecule has 1 atom stereocenters. The van der Waals surface area contributed by atoms with Crippen LogP contribution in [-0.4, -0.2) is 35.6 Å². The number of thiazole rings is 1. The largest absolute Gasteiger partial charge is 0.311 e. The van der Waals surface area contributed by atoms with Crippen molar-refractivity contribution < 1.29 is 0 Å². The van der Waals surface area contributed by atoms with Crippen molar-refractivity contribution in [3.05, 3.63) is 16.6 Å². The molecule has 18 heavy (non-hydrogen) atoms. The van der Waals surface area contributed by atoms with Crippen molar-refractivity contribution in [2.75, 3.05) is 19.6 Å². The van der Waals surface area contributed by atoms with Crippen LogP contribution in [0.15, 0.2) is 11.6 Å². The van der Waals surface area contributed by atoms with Crippen LogP contribution < -0.4 is 5.32 Å². The Balaban J connectivity index is 2.04. The van der Waals surface area contributed by atoms with Crippen molar-refractivity contribution in [3.8, 4) is 0 Å². The van der Waals surface area contributed by atoms with Crippen LogP contribution in [0, 0.1) is 5.92 Å². The fourth-order valence-electron chi connectivity index (χ4n) is 2.72. The van der Waals surface area contributed by atoms with E-state index < -0.39 is 0 Å². The zero-order valence-corrected chi connectivity index (χ0v) is 12.8. The van der Waals surface area contributed by atoms with Gasteiger partial charge in [-0.05, 0) is 26.2 Å². The maximum Gasteiger partial charge on any atom is 0.112 e. The number of nitrogens with zero attached hydrogens (tertiary/aromatic N) is 2. The van der Waals surface area contributed by atoms with Crippen LogP contribution in [0.3, 0.4) is 0 Å². The predicted molar refractivity (Wildman–Crippen MR) is 78.0 cm³/mol. The second-order valence-corrected chi connectivity index (χ2v) is 7.02. The molecule has 1 N–H and O–H groups in total. The third-order valence-electron chi connectivity index (χ3n) is 3.76. The van der Waals surface area contributed by atoms with Crippen LogP contribution in [0.25, 0.3) is 0 Å². The highest BCUT2D eigenvalue weighted by atomic mass is 32.1. The van der Waals surface area contributed by atoms with Crippen LogP contribution in [0.1, 0.15) is 39.1 Å². The number of rotatable bonds is 4. The van der Waals surface area contributed by atoms with E-state index >= 15 is 0 Å². The maximum absolute atomic E-state index is 4.51. The number of hydrogen-bond acceptors (Lipinski definition) is 4. The summed E-state index contributed by atoms with van der Waals surface area (Å²) in [5.74, 6) is 0.755. The Morgan fingerprint density at radius 2 is 2.33 bits per heavy atom. The van der Waals surface area contributed by atoms with Gasteiger partial charge in [0.2, 0.25) is 0 Å². The Bertz CT molecular complexity index is 359. The van der Waals surface area contributed by atoms with Crippen molar-refractivity contribution in [2.24, 2.45) is 5.92 Å². The zero-order valence-electron chi connectivity index (χ0n) is 11.9. The minimum Gasteiger partial charge on any atom is -0.311 e. The lowest BCUT2D eigenvalue weighted by Crippen LogP contribution is -2.56. The van der Waals surface area contributed by atoms with Crippen molar-refractivity contribution in [2.45, 2.75) is 45.7 Å². The molecule has 1 aromatic rings. The quantitative estimate of drug-likeness (QED) is 0.909. The van der Waals surface area contributed by atoms with Gasteiger partial charge in [0.05, 0.1) is 5.54 Å². The summed E-state index contributed by atoms with van der Waals surface area (Å²) in [6.45, 7) is 12.5. The van der Waals surface area contributed by atoms with Gasteiger partial charge < -0.3 is 5.32 Å². The molecule has 1 fully saturated rings. The van der Waals surface area contributed by atoms with E-state index in [0.29, 0.717) is 6.04 Å². The second kappa shape index (κ2) is 5.68. The van der Waals surface area contributed by atoms with Gasteiger partial charge in [-0.3, -0.25) is 4.90 Å². The van der Waals surface area contributed by atoms with Gasteiger partial charge in [-0.2, -0.15) is 0 Å². The van der Waals surface area contributed by atoms with Crippen molar-refractivity contribution in [1.29, 1.82) is 0 Å². The van der Waals surface area contributed by atoms with Crippen LogP contribution in [0.4, 0.5) is 0 Å². The van der Waals surface area contributed by atoms with Gasteiger partial charge >= 0.3 is 0 Å². The smallest absolute Gasteiger partial charge is 0.112 e. The topological polar surface area (TPSA) is 28.2 Å². The second-order valence-electron chi connectivity index (χ2n) is 6.12. The standard InChI is InChI=1S/C14H25N3S/c1-11(2)9-12-10-17(7-5-15-12)14(3,4)13-16-6-8-18-13/h6,8,11-12,15H,5,7,9-10H2,1-4H3. The van der Waals surface area contributed by atoms with E-state index in [1.165, 1.54) is 11.4 Å². The van der Waals surface area contributed by atoms with Gasteiger partial charge in [0.15, 0.2) is 0 Å². The molecule has 4 heteroatoms. The molecule has 3 nitrogen and oxygen atoms in total. The monoisotopic (exact) mass is 267 g/mol. The molecule has 0 bridgehead atoms. The molecule has 0 amide bonds. The number of aromatic nitrogens is 1. The first-order valence-electron chi connectivity index (χ1n) is 6.88. The molecule has 102 valence electrons. The summed E-state index contributed by atoms with van der Waals surface area (Å²) in [5, 5.41) is 6.94. The molecular formula is C14H25N3S. The maximum atomic E-state index is 4.51. The molecule has 1 unspecified atom stereocenters. The molecule has 1 aromatic heterocycles. The molecule has 0 saturated carbocycles. The van der Waals surface area contributed by atoms with Gasteiger partial charge in [0.25, 0.3) is 0 Å². The summed E-state index contributed by atoms with van der Waals surface area (Å²) >= 11 is 1.77. The van der Waals surface area contributed by atoms with E-state index in [1.54, 1.807) is 11.3 Å². The number of nitrogens with one attached hydrogen (secondary N) is 1. The van der Waals surface area contributed by atoms with Gasteiger partial charge in [0.1, 0.15) is 5.01 Å². The van der Waals surface area contributed by atoms with Gasteiger partial charge in [-0.15, -0.1) is 11.3 Å². The lowest BCUT2D eigenvalue weighted by molar-refractivity contribution is 0.0755. The molecule has 0 aromatic carbocycles. The fourth-order valence-corrected chi connectivity index (χ4v) is 3.51. The van der Waals surface area contributed by atoms with E-state index in [9.17, 15) is 0 Å². The third kappa shape index (κ3) is 3.11. The Morgan fingerprint density at radius 3 is 2.94 bits per heavy atom. The Morgan fingerprint density at radius 1 is 1.56 bits per heavy atom. The minimum absolute atomic E-state index is 0.0610. The van der Waals surface area contributed by atoms with E-state index in [4.69, 9.17) is 0 Å². The SMILES string of the molecule is CC(C)CC1CN(C(C)(C)c2nccs2)CCN1. The third-order valence-corrected chi connectivity index (χ3v) is 4.84. The molecular weight excluding hydrogens is 242 g/mol. The molecule has 2 rings (SSSR count). The number of piperazine rings is 1. The summed E-state index contributed by atoms with van der Waals surface area (Å²) in [5.41, 5.74) is 0.0610. The van der Waals surface area contributed by atoms with E-state index in [1.807, 2.05) is 6.20 Å². The van der Waals surface area contributed by atoms with Crippen LogP contribution in [0.5, 0.6) is 0 Å². The molecule has 0 radical (unpaired) electrons. The molecule has 1 aliphatic heterocycles. The van der Waals surface area contributed by atoms with E-state index in [-0.39, 0.29) is 5.54 Å². The first-order valence-corrected chi connectivity index (χ1v) is 7.76. The average molecular weight is 267 g/mol. The summed E-state index contributed by atoms with van der Waals surface area (Å²) in [7, 11) is 0. The van der Waals surface area contributed by atoms with Crippen LogP contribution in [-0.2, 0) is 5.54 Å². The highest BCUT2D eigenvalue weighted by molar-refractivity contribution is 7.09. The van der Waals surface area contributed by atoms with Gasteiger partial charge in [-0.25, -0.2) is 4.98 Å². The molecule has 0 aliphatic carbocycles. The van der Waals surface area contributed by atoms with Crippen molar-refractivity contribution >= 4 is 11.3 Å². The number of hydrogen-bond donors (Lipinski definition) is 1. The molecule has 2 heterocycles. The first-order chi connectivity index (χ1) is 8.50. The van der Waals surface area contributed by atoms with Gasteiger partial charge in [0, 0.05) is 37.3 Å². The average Bonchev–Trinajstić information content (AvgIpc) is 2.82. The summed E-state index contributed by atoms with van der Waals surface area (Å²) in [6, 6.07) is 0.623. The lowest BCUT2D eigenvalue weighted by Gasteiger charge is -2.43. The first kappa shape index (κ1) is 14.0. The Labute approximate surface area is 115 Å². The van der Waals surface area contributed by atoms with Crippen molar-refractivity contribution in [1.82, 2.24) is 15.2 Å². The Kier molecular flexibility index (Phi) is 4.41. The highest BCUT2D eigenvalue weighted by Crippen LogP contribution is 2.30. The summed E-state index contributed by atoms with van der Waals surface area (Å²) in [4.78, 5) is 7.08. The lowest BCUT2D eigenvalue weighted by atomic mass is 9.97. The van der Waals surface area contributed by atoms with E-state index in [2.05, 4.69) is 48.3 Å².